The van der Waals surface area contributed by atoms with Crippen molar-refractivity contribution in [3.63, 3.8) is 0 Å². The Morgan fingerprint density at radius 2 is 2.26 bits per heavy atom. The third-order valence-electron chi connectivity index (χ3n) is 4.89. The smallest absolute Gasteiger partial charge is 0.159 e. The van der Waals surface area contributed by atoms with Gasteiger partial charge in [-0.3, -0.25) is 0 Å². The first-order chi connectivity index (χ1) is 11.3. The minimum Gasteiger partial charge on any atom is -0.385 e. The lowest BCUT2D eigenvalue weighted by atomic mass is 9.99. The van der Waals surface area contributed by atoms with Gasteiger partial charge >= 0.3 is 0 Å². The topological polar surface area (TPSA) is 43.2 Å². The molecule has 1 aliphatic rings. The molecule has 126 valence electrons. The van der Waals surface area contributed by atoms with Crippen LogP contribution in [-0.2, 0) is 17.7 Å². The lowest BCUT2D eigenvalue weighted by Crippen LogP contribution is -2.41. The zero-order valence-corrected chi connectivity index (χ0v) is 14.4. The molecule has 1 fully saturated rings. The van der Waals surface area contributed by atoms with Gasteiger partial charge in [0.25, 0.3) is 0 Å². The van der Waals surface area contributed by atoms with Gasteiger partial charge < -0.3 is 14.2 Å². The summed E-state index contributed by atoms with van der Waals surface area (Å²) in [4.78, 5) is 12.1. The van der Waals surface area contributed by atoms with Crippen LogP contribution in [0.15, 0.2) is 18.3 Å². The Bertz CT molecular complexity index is 625. The number of piperidine rings is 1. The van der Waals surface area contributed by atoms with Crippen LogP contribution in [0.3, 0.4) is 0 Å². The highest BCUT2D eigenvalue weighted by molar-refractivity contribution is 5.71. The number of aromatic nitrogens is 3. The second kappa shape index (κ2) is 7.88. The van der Waals surface area contributed by atoms with Crippen molar-refractivity contribution in [3.05, 3.63) is 24.2 Å². The van der Waals surface area contributed by atoms with E-state index in [0.717, 1.165) is 43.7 Å². The number of likely N-dealkylation sites (tertiary alicyclic amines) is 1. The first-order valence-electron chi connectivity index (χ1n) is 8.86. The van der Waals surface area contributed by atoms with Crippen LogP contribution in [-0.4, -0.2) is 52.3 Å². The standard InChI is InChI=1S/C18H28N4O/c1-3-21-11-5-4-8-15(21)14-17-20-16-9-6-10-19-18(16)22(17)12-7-13-23-2/h6,9-10,15H,3-5,7-8,11-14H2,1-2H3. The minimum absolute atomic E-state index is 0.617. The Morgan fingerprint density at radius 1 is 1.35 bits per heavy atom. The summed E-state index contributed by atoms with van der Waals surface area (Å²) in [6.07, 6.45) is 7.83. The van der Waals surface area contributed by atoms with Crippen molar-refractivity contribution in [3.8, 4) is 0 Å². The molecule has 0 spiro atoms. The molecular weight excluding hydrogens is 288 g/mol. The average Bonchev–Trinajstić information content (AvgIpc) is 2.93. The summed E-state index contributed by atoms with van der Waals surface area (Å²) in [5, 5.41) is 0. The highest BCUT2D eigenvalue weighted by Gasteiger charge is 2.24. The minimum atomic E-state index is 0.617. The number of nitrogens with zero attached hydrogens (tertiary/aromatic N) is 4. The summed E-state index contributed by atoms with van der Waals surface area (Å²) in [7, 11) is 1.76. The number of methoxy groups -OCH3 is 1. The van der Waals surface area contributed by atoms with Crippen LogP contribution in [0.1, 0.15) is 38.4 Å². The molecule has 1 atom stereocenters. The second-order valence-corrected chi connectivity index (χ2v) is 6.35. The van der Waals surface area contributed by atoms with E-state index in [1.165, 1.54) is 31.6 Å². The molecule has 0 bridgehead atoms. The van der Waals surface area contributed by atoms with Gasteiger partial charge in [0.15, 0.2) is 5.65 Å². The average molecular weight is 316 g/mol. The van der Waals surface area contributed by atoms with Crippen molar-refractivity contribution in [2.75, 3.05) is 26.8 Å². The van der Waals surface area contributed by atoms with Crippen molar-refractivity contribution in [2.45, 2.75) is 51.6 Å². The number of hydrogen-bond donors (Lipinski definition) is 0. The molecule has 0 aromatic carbocycles. The number of aryl methyl sites for hydroxylation is 1. The molecule has 2 aromatic heterocycles. The van der Waals surface area contributed by atoms with Crippen LogP contribution in [0.2, 0.25) is 0 Å². The van der Waals surface area contributed by atoms with E-state index in [0.29, 0.717) is 6.04 Å². The molecule has 2 aromatic rings. The Morgan fingerprint density at radius 3 is 3.09 bits per heavy atom. The molecule has 0 radical (unpaired) electrons. The maximum absolute atomic E-state index is 5.21. The predicted octanol–water partition coefficient (Wildman–Crippen LogP) is 2.88. The Kier molecular flexibility index (Phi) is 5.62. The van der Waals surface area contributed by atoms with Gasteiger partial charge in [-0.25, -0.2) is 9.97 Å². The molecule has 3 heterocycles. The maximum Gasteiger partial charge on any atom is 0.159 e. The van der Waals surface area contributed by atoms with E-state index in [2.05, 4.69) is 27.4 Å². The lowest BCUT2D eigenvalue weighted by Gasteiger charge is -2.34. The molecule has 0 amide bonds. The number of likely N-dealkylation sites (N-methyl/N-ethyl adjacent to an activating group) is 1. The third-order valence-corrected chi connectivity index (χ3v) is 4.89. The lowest BCUT2D eigenvalue weighted by molar-refractivity contribution is 0.152. The Balaban J connectivity index is 1.84. The highest BCUT2D eigenvalue weighted by atomic mass is 16.5. The van der Waals surface area contributed by atoms with Gasteiger partial charge in [-0.15, -0.1) is 0 Å². The number of pyridine rings is 1. The fraction of sp³-hybridized carbons (Fsp3) is 0.667. The Hall–Kier alpha value is -1.46. The van der Waals surface area contributed by atoms with E-state index >= 15 is 0 Å². The molecule has 0 saturated carbocycles. The van der Waals surface area contributed by atoms with Gasteiger partial charge in [0, 0.05) is 38.9 Å². The summed E-state index contributed by atoms with van der Waals surface area (Å²) >= 11 is 0. The number of fused-ring (bicyclic) bond motifs is 1. The summed E-state index contributed by atoms with van der Waals surface area (Å²) in [5.74, 6) is 1.18. The summed E-state index contributed by atoms with van der Waals surface area (Å²) in [6.45, 7) is 6.32. The van der Waals surface area contributed by atoms with Gasteiger partial charge in [0.1, 0.15) is 11.3 Å². The monoisotopic (exact) mass is 316 g/mol. The van der Waals surface area contributed by atoms with E-state index in [-0.39, 0.29) is 0 Å². The first-order valence-corrected chi connectivity index (χ1v) is 8.86. The van der Waals surface area contributed by atoms with Crippen LogP contribution in [0.4, 0.5) is 0 Å². The van der Waals surface area contributed by atoms with E-state index in [1.807, 2.05) is 12.3 Å². The molecular formula is C18H28N4O. The molecule has 3 rings (SSSR count). The van der Waals surface area contributed by atoms with Crippen molar-refractivity contribution in [2.24, 2.45) is 0 Å². The van der Waals surface area contributed by atoms with Crippen LogP contribution in [0, 0.1) is 0 Å². The van der Waals surface area contributed by atoms with Gasteiger partial charge in [-0.05, 0) is 44.5 Å². The fourth-order valence-electron chi connectivity index (χ4n) is 3.68. The van der Waals surface area contributed by atoms with Crippen LogP contribution >= 0.6 is 0 Å². The molecule has 23 heavy (non-hydrogen) atoms. The maximum atomic E-state index is 5.21. The number of ether oxygens (including phenoxy) is 1. The number of rotatable bonds is 7. The van der Waals surface area contributed by atoms with E-state index < -0.39 is 0 Å². The second-order valence-electron chi connectivity index (χ2n) is 6.35. The van der Waals surface area contributed by atoms with E-state index in [9.17, 15) is 0 Å². The molecule has 0 aliphatic carbocycles. The van der Waals surface area contributed by atoms with Gasteiger partial charge in [-0.2, -0.15) is 0 Å². The molecule has 5 heteroatoms. The van der Waals surface area contributed by atoms with Gasteiger partial charge in [-0.1, -0.05) is 13.3 Å². The number of hydrogen-bond acceptors (Lipinski definition) is 4. The molecule has 1 aliphatic heterocycles. The first kappa shape index (κ1) is 16.4. The third kappa shape index (κ3) is 3.72. The number of imidazole rings is 1. The quantitative estimate of drug-likeness (QED) is 0.737. The van der Waals surface area contributed by atoms with Gasteiger partial charge in [0.05, 0.1) is 0 Å². The molecule has 0 N–H and O–H groups in total. The molecule has 1 unspecified atom stereocenters. The van der Waals surface area contributed by atoms with Crippen molar-refractivity contribution < 1.29 is 4.74 Å². The van der Waals surface area contributed by atoms with Crippen LogP contribution in [0.25, 0.3) is 11.2 Å². The summed E-state index contributed by atoms with van der Waals surface area (Å²) in [6, 6.07) is 4.65. The largest absolute Gasteiger partial charge is 0.385 e. The van der Waals surface area contributed by atoms with Crippen molar-refractivity contribution >= 4 is 11.2 Å². The van der Waals surface area contributed by atoms with Gasteiger partial charge in [0.2, 0.25) is 0 Å². The van der Waals surface area contributed by atoms with Crippen molar-refractivity contribution in [1.82, 2.24) is 19.4 Å². The highest BCUT2D eigenvalue weighted by Crippen LogP contribution is 2.22. The molecule has 5 nitrogen and oxygen atoms in total. The predicted molar refractivity (Wildman–Crippen MR) is 92.6 cm³/mol. The van der Waals surface area contributed by atoms with Crippen LogP contribution in [0.5, 0.6) is 0 Å². The summed E-state index contributed by atoms with van der Waals surface area (Å²) in [5.41, 5.74) is 2.02. The van der Waals surface area contributed by atoms with E-state index in [4.69, 9.17) is 9.72 Å². The van der Waals surface area contributed by atoms with E-state index in [1.54, 1.807) is 7.11 Å². The fourth-order valence-corrected chi connectivity index (χ4v) is 3.68. The Labute approximate surface area is 138 Å². The normalized spacial score (nSPS) is 19.5. The zero-order valence-electron chi connectivity index (χ0n) is 14.4. The summed E-state index contributed by atoms with van der Waals surface area (Å²) < 4.78 is 7.52. The molecule has 1 saturated heterocycles. The van der Waals surface area contributed by atoms with Crippen molar-refractivity contribution in [1.29, 1.82) is 0 Å². The SMILES string of the molecule is CCN1CCCCC1Cc1nc2cccnc2n1CCCOC. The zero-order chi connectivity index (χ0) is 16.1. The van der Waals surface area contributed by atoms with Crippen LogP contribution < -0.4 is 0 Å².